The quantitative estimate of drug-likeness (QED) is 0.504. The summed E-state index contributed by atoms with van der Waals surface area (Å²) in [6, 6.07) is 3.30. The van der Waals surface area contributed by atoms with E-state index in [0.717, 1.165) is 12.1 Å². The lowest BCUT2D eigenvalue weighted by atomic mass is 10.2. The Kier molecular flexibility index (Phi) is 4.21. The van der Waals surface area contributed by atoms with Gasteiger partial charge in [0.05, 0.1) is 17.1 Å². The van der Waals surface area contributed by atoms with E-state index in [4.69, 9.17) is 17.3 Å². The molecule has 0 saturated heterocycles. The molecule has 0 aliphatic carbocycles. The van der Waals surface area contributed by atoms with E-state index < -0.39 is 11.7 Å². The van der Waals surface area contributed by atoms with Gasteiger partial charge in [0.1, 0.15) is 5.84 Å². The van der Waals surface area contributed by atoms with Crippen LogP contribution in [0.3, 0.4) is 0 Å². The monoisotopic (exact) mass is 314 g/mol. The molecule has 1 aromatic carbocycles. The molecule has 2 N–H and O–H groups in total. The Morgan fingerprint density at radius 3 is 2.50 bits per heavy atom. The Hall–Kier alpha value is -0.750. The molecule has 0 bridgehead atoms. The third-order valence-electron chi connectivity index (χ3n) is 1.62. The molecule has 0 fully saturated rings. The van der Waals surface area contributed by atoms with Gasteiger partial charge in [0, 0.05) is 4.47 Å². The topological polar surface area (TPSA) is 38.4 Å². The number of hydrogen-bond acceptors (Lipinski definition) is 1. The van der Waals surface area contributed by atoms with Crippen molar-refractivity contribution in [1.29, 1.82) is 0 Å². The van der Waals surface area contributed by atoms with Gasteiger partial charge in [-0.2, -0.15) is 13.2 Å². The van der Waals surface area contributed by atoms with Crippen LogP contribution in [0.15, 0.2) is 27.7 Å². The van der Waals surface area contributed by atoms with Crippen LogP contribution in [-0.4, -0.2) is 11.7 Å². The number of amidine groups is 1. The van der Waals surface area contributed by atoms with Crippen LogP contribution in [0.25, 0.3) is 0 Å². The molecule has 88 valence electrons. The van der Waals surface area contributed by atoms with E-state index in [1.54, 1.807) is 0 Å². The summed E-state index contributed by atoms with van der Waals surface area (Å²) < 4.78 is 37.6. The highest BCUT2D eigenvalue weighted by Gasteiger charge is 2.31. The molecular weight excluding hydrogens is 308 g/mol. The lowest BCUT2D eigenvalue weighted by molar-refractivity contribution is -0.137. The summed E-state index contributed by atoms with van der Waals surface area (Å²) >= 11 is 8.36. The molecule has 0 unspecified atom stereocenters. The summed E-state index contributed by atoms with van der Waals surface area (Å²) in [7, 11) is 0. The number of rotatable bonds is 2. The Balaban J connectivity index is 3.19. The number of nitrogens with zero attached hydrogens (tertiary/aromatic N) is 1. The van der Waals surface area contributed by atoms with Crippen molar-refractivity contribution < 1.29 is 13.2 Å². The van der Waals surface area contributed by atoms with Crippen molar-refractivity contribution in [2.45, 2.75) is 6.18 Å². The minimum absolute atomic E-state index is 0.0339. The summed E-state index contributed by atoms with van der Waals surface area (Å²) in [5.41, 5.74) is 4.66. The van der Waals surface area contributed by atoms with Crippen LogP contribution >= 0.6 is 27.5 Å². The first-order valence-corrected chi connectivity index (χ1v) is 5.42. The van der Waals surface area contributed by atoms with Gasteiger partial charge in [0.2, 0.25) is 0 Å². The molecule has 0 aliphatic heterocycles. The van der Waals surface area contributed by atoms with Crippen LogP contribution in [-0.2, 0) is 6.18 Å². The fraction of sp³-hybridized carbons (Fsp3) is 0.222. The maximum atomic E-state index is 12.4. The number of hydrogen-bond donors (Lipinski definition) is 1. The molecular formula is C9H7BrClF3N2. The first-order chi connectivity index (χ1) is 7.32. The average Bonchev–Trinajstić information content (AvgIpc) is 2.15. The van der Waals surface area contributed by atoms with Crippen LogP contribution in [0.1, 0.15) is 5.56 Å². The number of nitrogens with two attached hydrogens (primary N) is 1. The minimum atomic E-state index is -4.41. The molecule has 0 aliphatic rings. The molecule has 0 heterocycles. The van der Waals surface area contributed by atoms with Crippen molar-refractivity contribution in [3.05, 3.63) is 28.2 Å². The highest BCUT2D eigenvalue weighted by atomic mass is 79.9. The van der Waals surface area contributed by atoms with E-state index in [0.29, 0.717) is 0 Å². The van der Waals surface area contributed by atoms with Gasteiger partial charge in [-0.25, -0.2) is 4.99 Å². The van der Waals surface area contributed by atoms with Crippen LogP contribution in [0, 0.1) is 0 Å². The van der Waals surface area contributed by atoms with Gasteiger partial charge in [-0.1, -0.05) is 15.9 Å². The van der Waals surface area contributed by atoms with Crippen molar-refractivity contribution in [1.82, 2.24) is 0 Å². The molecule has 0 atom stereocenters. The van der Waals surface area contributed by atoms with Crippen LogP contribution in [0.2, 0.25) is 0 Å². The third-order valence-corrected chi connectivity index (χ3v) is 2.35. The number of halogens is 5. The number of benzene rings is 1. The molecule has 1 aromatic rings. The average molecular weight is 316 g/mol. The molecule has 0 spiro atoms. The van der Waals surface area contributed by atoms with E-state index in [1.807, 2.05) is 0 Å². The van der Waals surface area contributed by atoms with Gasteiger partial charge >= 0.3 is 6.18 Å². The van der Waals surface area contributed by atoms with Crippen molar-refractivity contribution in [3.63, 3.8) is 0 Å². The van der Waals surface area contributed by atoms with E-state index in [2.05, 4.69) is 20.9 Å². The smallest absolute Gasteiger partial charge is 0.386 e. The second-order valence-electron chi connectivity index (χ2n) is 2.93. The molecule has 16 heavy (non-hydrogen) atoms. The molecule has 0 aromatic heterocycles. The highest BCUT2D eigenvalue weighted by Crippen LogP contribution is 2.34. The summed E-state index contributed by atoms with van der Waals surface area (Å²) in [5, 5.41) is 0. The Morgan fingerprint density at radius 1 is 1.38 bits per heavy atom. The molecule has 7 heteroatoms. The summed E-state index contributed by atoms with van der Waals surface area (Å²) in [5.74, 6) is 0.0290. The fourth-order valence-corrected chi connectivity index (χ4v) is 1.54. The van der Waals surface area contributed by atoms with Gasteiger partial charge < -0.3 is 5.73 Å². The van der Waals surface area contributed by atoms with Crippen molar-refractivity contribution in [3.8, 4) is 0 Å². The lowest BCUT2D eigenvalue weighted by Crippen LogP contribution is -2.12. The molecule has 1 rings (SSSR count). The Morgan fingerprint density at radius 2 is 2.00 bits per heavy atom. The predicted molar refractivity (Wildman–Crippen MR) is 61.1 cm³/mol. The predicted octanol–water partition coefficient (Wildman–Crippen LogP) is 3.70. The van der Waals surface area contributed by atoms with E-state index in [9.17, 15) is 13.2 Å². The minimum Gasteiger partial charge on any atom is -0.386 e. The Labute approximate surface area is 103 Å². The van der Waals surface area contributed by atoms with Crippen molar-refractivity contribution in [2.75, 3.05) is 5.88 Å². The van der Waals surface area contributed by atoms with Gasteiger partial charge in [-0.15, -0.1) is 11.6 Å². The van der Waals surface area contributed by atoms with Gasteiger partial charge in [-0.05, 0) is 18.2 Å². The zero-order chi connectivity index (χ0) is 12.3. The fourth-order valence-electron chi connectivity index (χ4n) is 0.998. The first kappa shape index (κ1) is 13.3. The molecule has 0 saturated carbocycles. The Bertz CT molecular complexity index is 418. The van der Waals surface area contributed by atoms with Gasteiger partial charge in [0.15, 0.2) is 0 Å². The van der Waals surface area contributed by atoms with Gasteiger partial charge in [0.25, 0.3) is 0 Å². The second kappa shape index (κ2) is 5.05. The van der Waals surface area contributed by atoms with E-state index >= 15 is 0 Å². The maximum Gasteiger partial charge on any atom is 0.416 e. The van der Waals surface area contributed by atoms with Crippen molar-refractivity contribution in [2.24, 2.45) is 10.7 Å². The standard InChI is InChI=1S/C9H7BrClF3N2/c10-6-1-5(9(12,13)14)2-7(3-6)16-8(15)4-11/h1-3H,4H2,(H2,15,16). The van der Waals surface area contributed by atoms with Crippen molar-refractivity contribution >= 4 is 39.1 Å². The van der Waals surface area contributed by atoms with Crippen LogP contribution in [0.4, 0.5) is 18.9 Å². The van der Waals surface area contributed by atoms with E-state index in [1.165, 1.54) is 6.07 Å². The zero-order valence-electron chi connectivity index (χ0n) is 7.85. The first-order valence-electron chi connectivity index (χ1n) is 4.09. The summed E-state index contributed by atoms with van der Waals surface area (Å²) in [4.78, 5) is 3.74. The molecule has 2 nitrogen and oxygen atoms in total. The highest BCUT2D eigenvalue weighted by molar-refractivity contribution is 9.10. The van der Waals surface area contributed by atoms with Crippen LogP contribution < -0.4 is 5.73 Å². The van der Waals surface area contributed by atoms with Crippen LogP contribution in [0.5, 0.6) is 0 Å². The van der Waals surface area contributed by atoms with E-state index in [-0.39, 0.29) is 21.9 Å². The zero-order valence-corrected chi connectivity index (χ0v) is 10.2. The number of aliphatic imine (C=N–C) groups is 1. The summed E-state index contributed by atoms with van der Waals surface area (Å²) in [6.45, 7) is 0. The normalized spacial score (nSPS) is 12.9. The lowest BCUT2D eigenvalue weighted by Gasteiger charge is -2.08. The SMILES string of the molecule is NC(CCl)=Nc1cc(Br)cc(C(F)(F)F)c1. The second-order valence-corrected chi connectivity index (χ2v) is 4.12. The third kappa shape index (κ3) is 3.68. The maximum absolute atomic E-state index is 12.4. The van der Waals surface area contributed by atoms with Gasteiger partial charge in [-0.3, -0.25) is 0 Å². The number of alkyl halides is 4. The largest absolute Gasteiger partial charge is 0.416 e. The molecule has 0 radical (unpaired) electrons. The molecule has 0 amide bonds. The summed E-state index contributed by atoms with van der Waals surface area (Å²) in [6.07, 6.45) is -4.41.